The highest BCUT2D eigenvalue weighted by molar-refractivity contribution is 6.60. The van der Waals surface area contributed by atoms with Crippen LogP contribution in [0.5, 0.6) is 11.5 Å². The van der Waals surface area contributed by atoms with Gasteiger partial charge in [-0.3, -0.25) is 0 Å². The Hall–Kier alpha value is -1.12. The van der Waals surface area contributed by atoms with E-state index in [2.05, 4.69) is 13.8 Å². The number of benzene rings is 1. The monoisotopic (exact) mass is 412 g/mol. The van der Waals surface area contributed by atoms with Gasteiger partial charge in [-0.25, -0.2) is 0 Å². The topological polar surface area (TPSA) is 55.4 Å². The summed E-state index contributed by atoms with van der Waals surface area (Å²) in [4.78, 5) is 0. The summed E-state index contributed by atoms with van der Waals surface area (Å²) in [5.41, 5.74) is 0.982. The first-order chi connectivity index (χ1) is 13.4. The summed E-state index contributed by atoms with van der Waals surface area (Å²) >= 11 is 0. The van der Waals surface area contributed by atoms with E-state index in [1.807, 2.05) is 45.9 Å². The molecular weight excluding hydrogens is 376 g/mol. The van der Waals surface area contributed by atoms with Crippen molar-refractivity contribution < 1.29 is 27.5 Å². The first kappa shape index (κ1) is 23.2. The lowest BCUT2D eigenvalue weighted by molar-refractivity contribution is -0.199. The molecule has 0 saturated carbocycles. The Labute approximate surface area is 170 Å². The number of fused-ring (bicyclic) bond motifs is 1. The zero-order valence-electron chi connectivity index (χ0n) is 18.2. The van der Waals surface area contributed by atoms with Crippen LogP contribution in [0, 0.1) is 5.92 Å². The van der Waals surface area contributed by atoms with E-state index in [0.29, 0.717) is 32.3 Å². The Balaban J connectivity index is 2.04. The van der Waals surface area contributed by atoms with Crippen LogP contribution in [-0.4, -0.2) is 40.6 Å². The molecule has 160 valence electrons. The van der Waals surface area contributed by atoms with Crippen molar-refractivity contribution in [2.75, 3.05) is 26.1 Å². The number of ether oxygens (including phenoxy) is 3. The summed E-state index contributed by atoms with van der Waals surface area (Å²) in [7, 11) is -2.84. The maximum Gasteiger partial charge on any atom is 0.540 e. The fourth-order valence-electron chi connectivity index (χ4n) is 3.11. The van der Waals surface area contributed by atoms with Crippen molar-refractivity contribution in [2.24, 2.45) is 5.92 Å². The molecule has 28 heavy (non-hydrogen) atoms. The molecule has 0 radical (unpaired) electrons. The van der Waals surface area contributed by atoms with Crippen LogP contribution < -0.4 is 9.47 Å². The fourth-order valence-corrected chi connectivity index (χ4v) is 5.27. The van der Waals surface area contributed by atoms with Gasteiger partial charge in [-0.2, -0.15) is 0 Å². The molecule has 6 nitrogen and oxygen atoms in total. The van der Waals surface area contributed by atoms with Crippen molar-refractivity contribution in [1.29, 1.82) is 0 Å². The third-order valence-corrected chi connectivity index (χ3v) is 7.26. The van der Waals surface area contributed by atoms with Crippen LogP contribution in [-0.2, 0) is 24.6 Å². The van der Waals surface area contributed by atoms with Gasteiger partial charge in [-0.05, 0) is 51.3 Å². The molecule has 1 aromatic rings. The minimum atomic E-state index is -2.84. The highest BCUT2D eigenvalue weighted by atomic mass is 28.4. The van der Waals surface area contributed by atoms with Crippen LogP contribution >= 0.6 is 0 Å². The minimum Gasteiger partial charge on any atom is -0.489 e. The molecule has 0 fully saturated rings. The third kappa shape index (κ3) is 6.45. The summed E-state index contributed by atoms with van der Waals surface area (Å²) in [6.45, 7) is 14.3. The lowest BCUT2D eigenvalue weighted by Gasteiger charge is -2.36. The molecule has 2 rings (SSSR count). The second-order valence-corrected chi connectivity index (χ2v) is 10.0. The molecule has 1 aromatic carbocycles. The zero-order chi connectivity index (χ0) is 20.6. The summed E-state index contributed by atoms with van der Waals surface area (Å²) in [5.74, 6) is 1.63. The molecule has 0 saturated heterocycles. The fraction of sp³-hybridized carbons (Fsp3) is 0.714. The highest BCUT2D eigenvalue weighted by Gasteiger charge is 2.42. The van der Waals surface area contributed by atoms with Gasteiger partial charge in [0.25, 0.3) is 0 Å². The summed E-state index contributed by atoms with van der Waals surface area (Å²) < 4.78 is 35.7. The van der Waals surface area contributed by atoms with Crippen LogP contribution in [0.1, 0.15) is 59.9 Å². The van der Waals surface area contributed by atoms with Gasteiger partial charge in [-0.1, -0.05) is 13.8 Å². The highest BCUT2D eigenvalue weighted by Crippen LogP contribution is 2.36. The molecule has 0 spiro atoms. The Kier molecular flexibility index (Phi) is 8.76. The molecule has 0 aromatic heterocycles. The number of rotatable bonds is 12. The molecule has 0 amide bonds. The third-order valence-electron chi connectivity index (χ3n) is 4.57. The second-order valence-electron chi connectivity index (χ2n) is 7.50. The lowest BCUT2D eigenvalue weighted by Crippen LogP contribution is -2.51. The van der Waals surface area contributed by atoms with E-state index in [1.54, 1.807) is 0 Å². The maximum atomic E-state index is 6.14. The Bertz CT molecular complexity index is 592. The van der Waals surface area contributed by atoms with Gasteiger partial charge in [0.05, 0.1) is 6.61 Å². The second kappa shape index (κ2) is 10.6. The van der Waals surface area contributed by atoms with E-state index < -0.39 is 14.6 Å². The van der Waals surface area contributed by atoms with Gasteiger partial charge < -0.3 is 27.5 Å². The van der Waals surface area contributed by atoms with Crippen molar-refractivity contribution in [2.45, 2.75) is 66.8 Å². The Morgan fingerprint density at radius 3 is 2.29 bits per heavy atom. The molecule has 1 aliphatic heterocycles. The maximum absolute atomic E-state index is 6.14. The standard InChI is InChI=1S/C21H36O6Si/c1-7-24-28(25-8-2,26-9-3)16-22-19-10-11-20-18(14-19)15-23-21(6,27-20)13-12-17(4)5/h10-11,14,17H,7-9,12-13,15-16H2,1-6H3. The van der Waals surface area contributed by atoms with E-state index in [1.165, 1.54) is 0 Å². The van der Waals surface area contributed by atoms with E-state index in [0.717, 1.165) is 29.9 Å². The minimum absolute atomic E-state index is 0.273. The van der Waals surface area contributed by atoms with E-state index in [-0.39, 0.29) is 6.23 Å². The van der Waals surface area contributed by atoms with Crippen molar-refractivity contribution in [3.63, 3.8) is 0 Å². The van der Waals surface area contributed by atoms with Crippen LogP contribution in [0.2, 0.25) is 0 Å². The van der Waals surface area contributed by atoms with Gasteiger partial charge in [0.15, 0.2) is 6.23 Å². The Morgan fingerprint density at radius 1 is 1.07 bits per heavy atom. The molecule has 0 aliphatic carbocycles. The van der Waals surface area contributed by atoms with Crippen LogP contribution in [0.15, 0.2) is 18.2 Å². The number of hydrogen-bond acceptors (Lipinski definition) is 6. The van der Waals surface area contributed by atoms with Gasteiger partial charge >= 0.3 is 8.80 Å². The predicted octanol–water partition coefficient (Wildman–Crippen LogP) is 4.71. The van der Waals surface area contributed by atoms with E-state index >= 15 is 0 Å². The normalized spacial score (nSPS) is 19.4. The average Bonchev–Trinajstić information content (AvgIpc) is 2.65. The lowest BCUT2D eigenvalue weighted by atomic mass is 10.0. The largest absolute Gasteiger partial charge is 0.540 e. The van der Waals surface area contributed by atoms with Gasteiger partial charge in [0.2, 0.25) is 5.79 Å². The first-order valence-electron chi connectivity index (χ1n) is 10.4. The smallest absolute Gasteiger partial charge is 0.489 e. The molecule has 7 heteroatoms. The Morgan fingerprint density at radius 2 is 1.71 bits per heavy atom. The molecular formula is C21H36O6Si. The summed E-state index contributed by atoms with van der Waals surface area (Å²) in [6.07, 6.45) is 2.20. The molecule has 0 N–H and O–H groups in total. The molecule has 0 bridgehead atoms. The van der Waals surface area contributed by atoms with Gasteiger partial charge in [-0.15, -0.1) is 0 Å². The quantitative estimate of drug-likeness (QED) is 0.463. The van der Waals surface area contributed by atoms with Crippen LogP contribution in [0.3, 0.4) is 0 Å². The molecule has 1 aliphatic rings. The number of hydrogen-bond donors (Lipinski definition) is 0. The van der Waals surface area contributed by atoms with Gasteiger partial charge in [0, 0.05) is 38.7 Å². The van der Waals surface area contributed by atoms with Crippen LogP contribution in [0.25, 0.3) is 0 Å². The predicted molar refractivity (Wildman–Crippen MR) is 110 cm³/mol. The average molecular weight is 413 g/mol. The molecule has 1 atom stereocenters. The van der Waals surface area contributed by atoms with Crippen LogP contribution in [0.4, 0.5) is 0 Å². The molecule has 1 unspecified atom stereocenters. The van der Waals surface area contributed by atoms with E-state index in [9.17, 15) is 0 Å². The zero-order valence-corrected chi connectivity index (χ0v) is 19.2. The van der Waals surface area contributed by atoms with E-state index in [4.69, 9.17) is 27.5 Å². The SMILES string of the molecule is CCO[Si](COc1ccc2c(c1)COC(C)(CCC(C)C)O2)(OCC)OCC. The van der Waals surface area contributed by atoms with Crippen molar-refractivity contribution in [3.8, 4) is 11.5 Å². The van der Waals surface area contributed by atoms with Crippen molar-refractivity contribution in [3.05, 3.63) is 23.8 Å². The van der Waals surface area contributed by atoms with Crippen molar-refractivity contribution >= 4 is 8.80 Å². The summed E-state index contributed by atoms with van der Waals surface area (Å²) in [5, 5.41) is 0. The first-order valence-corrected chi connectivity index (χ1v) is 12.3. The molecule has 1 heterocycles. The van der Waals surface area contributed by atoms with Gasteiger partial charge in [0.1, 0.15) is 11.5 Å². The van der Waals surface area contributed by atoms with Crippen molar-refractivity contribution in [1.82, 2.24) is 0 Å². The summed E-state index contributed by atoms with van der Waals surface area (Å²) in [6, 6.07) is 5.82.